The average molecular weight is 369 g/mol. The van der Waals surface area contributed by atoms with E-state index < -0.39 is 0 Å². The van der Waals surface area contributed by atoms with Crippen LogP contribution in [-0.2, 0) is 4.79 Å². The van der Waals surface area contributed by atoms with Gasteiger partial charge in [-0.25, -0.2) is 0 Å². The minimum Gasteiger partial charge on any atom is -0.351 e. The van der Waals surface area contributed by atoms with Gasteiger partial charge >= 0.3 is 0 Å². The summed E-state index contributed by atoms with van der Waals surface area (Å²) in [5.41, 5.74) is 3.82. The molecule has 2 bridgehead atoms. The Hall–Kier alpha value is -2.33. The molecular weight excluding hydrogens is 348 g/mol. The van der Waals surface area contributed by atoms with Crippen LogP contribution in [0.2, 0.25) is 5.02 Å². The van der Waals surface area contributed by atoms with Gasteiger partial charge in [-0.05, 0) is 60.7 Å². The number of rotatable bonds is 2. The molecule has 0 unspecified atom stereocenters. The van der Waals surface area contributed by atoms with Gasteiger partial charge in [0.2, 0.25) is 5.91 Å². The standard InChI is InChI=1S/C21H21ClN2O2/c1-13-10-16(7-9-19(13)22)14-2-4-15(5-3-14)21(26)24-11-17-6-8-18(12-24)23-20(17)25/h2-5,7,9-10,17-18H,6,8,11-12H2,1H3,(H,23,25)/t17-,18+/m1/s1. The Morgan fingerprint density at radius 2 is 1.81 bits per heavy atom. The SMILES string of the molecule is Cc1cc(-c2ccc(C(=O)N3C[C@@H]4CC[C@H](C3)C(=O)N4)cc2)ccc1Cl. The summed E-state index contributed by atoms with van der Waals surface area (Å²) < 4.78 is 0. The molecule has 3 fully saturated rings. The van der Waals surface area contributed by atoms with Gasteiger partial charge in [-0.1, -0.05) is 29.8 Å². The van der Waals surface area contributed by atoms with Gasteiger partial charge in [0.05, 0.1) is 5.92 Å². The predicted molar refractivity (Wildman–Crippen MR) is 102 cm³/mol. The molecular formula is C21H21ClN2O2. The number of hydrogen-bond donors (Lipinski definition) is 1. The smallest absolute Gasteiger partial charge is 0.253 e. The van der Waals surface area contributed by atoms with Crippen molar-refractivity contribution in [1.82, 2.24) is 10.2 Å². The number of hydrogen-bond acceptors (Lipinski definition) is 2. The first-order valence-corrected chi connectivity index (χ1v) is 9.35. The Balaban J connectivity index is 1.54. The van der Waals surface area contributed by atoms with Crippen LogP contribution in [0.5, 0.6) is 0 Å². The summed E-state index contributed by atoms with van der Waals surface area (Å²) in [6.07, 6.45) is 1.82. The van der Waals surface area contributed by atoms with Gasteiger partial charge in [-0.15, -0.1) is 0 Å². The highest BCUT2D eigenvalue weighted by molar-refractivity contribution is 6.31. The number of carbonyl (C=O) groups is 2. The molecule has 3 aliphatic rings. The van der Waals surface area contributed by atoms with Crippen LogP contribution in [0.3, 0.4) is 0 Å². The third-order valence-electron chi connectivity index (χ3n) is 5.37. The molecule has 134 valence electrons. The molecule has 3 heterocycles. The lowest BCUT2D eigenvalue weighted by atomic mass is 9.96. The molecule has 0 saturated carbocycles. The van der Waals surface area contributed by atoms with Crippen molar-refractivity contribution in [2.45, 2.75) is 25.8 Å². The first-order valence-electron chi connectivity index (χ1n) is 8.97. The van der Waals surface area contributed by atoms with E-state index in [1.807, 2.05) is 54.3 Å². The Morgan fingerprint density at radius 1 is 1.08 bits per heavy atom. The Kier molecular flexibility index (Phi) is 4.45. The van der Waals surface area contributed by atoms with E-state index in [2.05, 4.69) is 5.32 Å². The average Bonchev–Trinajstić information content (AvgIpc) is 2.95. The summed E-state index contributed by atoms with van der Waals surface area (Å²) in [6.45, 7) is 3.09. The van der Waals surface area contributed by atoms with Crippen LogP contribution in [-0.4, -0.2) is 35.8 Å². The van der Waals surface area contributed by atoms with Crippen LogP contribution in [0, 0.1) is 12.8 Å². The number of fused-ring (bicyclic) bond motifs is 4. The zero-order valence-corrected chi connectivity index (χ0v) is 15.4. The van der Waals surface area contributed by atoms with Gasteiger partial charge in [0, 0.05) is 29.7 Å². The van der Waals surface area contributed by atoms with Crippen LogP contribution in [0.25, 0.3) is 11.1 Å². The van der Waals surface area contributed by atoms with E-state index in [4.69, 9.17) is 11.6 Å². The summed E-state index contributed by atoms with van der Waals surface area (Å²) in [5.74, 6) is 0.0104. The third kappa shape index (κ3) is 3.21. The summed E-state index contributed by atoms with van der Waals surface area (Å²) >= 11 is 6.09. The number of halogens is 1. The molecule has 2 amide bonds. The Morgan fingerprint density at radius 3 is 2.50 bits per heavy atom. The predicted octanol–water partition coefficient (Wildman–Crippen LogP) is 3.67. The first-order chi connectivity index (χ1) is 12.5. The number of benzene rings is 2. The van der Waals surface area contributed by atoms with Gasteiger partial charge in [-0.3, -0.25) is 9.59 Å². The quantitative estimate of drug-likeness (QED) is 0.879. The molecule has 3 saturated heterocycles. The van der Waals surface area contributed by atoms with Gasteiger partial charge < -0.3 is 10.2 Å². The second kappa shape index (κ2) is 6.76. The van der Waals surface area contributed by atoms with Gasteiger partial charge in [0.25, 0.3) is 5.91 Å². The summed E-state index contributed by atoms with van der Waals surface area (Å²) in [4.78, 5) is 26.7. The lowest BCUT2D eigenvalue weighted by molar-refractivity contribution is -0.126. The van der Waals surface area contributed by atoms with Gasteiger partial charge in [0.15, 0.2) is 0 Å². The van der Waals surface area contributed by atoms with Crippen molar-refractivity contribution in [3.63, 3.8) is 0 Å². The molecule has 3 aliphatic heterocycles. The molecule has 0 radical (unpaired) electrons. The number of aryl methyl sites for hydroxylation is 1. The van der Waals surface area contributed by atoms with Crippen molar-refractivity contribution in [3.8, 4) is 11.1 Å². The molecule has 4 nitrogen and oxygen atoms in total. The number of carbonyl (C=O) groups excluding carboxylic acids is 2. The van der Waals surface area contributed by atoms with E-state index in [1.54, 1.807) is 0 Å². The number of nitrogens with zero attached hydrogens (tertiary/aromatic N) is 1. The summed E-state index contributed by atoms with van der Waals surface area (Å²) in [7, 11) is 0. The number of piperidine rings is 1. The maximum Gasteiger partial charge on any atom is 0.253 e. The minimum absolute atomic E-state index is 0.00256. The fourth-order valence-electron chi connectivity index (χ4n) is 3.82. The highest BCUT2D eigenvalue weighted by Crippen LogP contribution is 2.27. The maximum absolute atomic E-state index is 12.9. The molecule has 5 rings (SSSR count). The highest BCUT2D eigenvalue weighted by atomic mass is 35.5. The molecule has 2 aromatic rings. The van der Waals surface area contributed by atoms with Crippen molar-refractivity contribution in [1.29, 1.82) is 0 Å². The summed E-state index contributed by atoms with van der Waals surface area (Å²) in [5, 5.41) is 3.76. The van der Waals surface area contributed by atoms with E-state index in [0.717, 1.165) is 34.6 Å². The highest BCUT2D eigenvalue weighted by Gasteiger charge is 2.36. The zero-order chi connectivity index (χ0) is 18.3. The normalized spacial score (nSPS) is 22.1. The zero-order valence-electron chi connectivity index (χ0n) is 14.7. The molecule has 5 heteroatoms. The van der Waals surface area contributed by atoms with Crippen molar-refractivity contribution < 1.29 is 9.59 Å². The molecule has 0 spiro atoms. The van der Waals surface area contributed by atoms with Crippen molar-refractivity contribution >= 4 is 23.4 Å². The van der Waals surface area contributed by atoms with E-state index >= 15 is 0 Å². The van der Waals surface area contributed by atoms with Crippen molar-refractivity contribution in [2.24, 2.45) is 5.92 Å². The van der Waals surface area contributed by atoms with E-state index in [-0.39, 0.29) is 23.8 Å². The second-order valence-corrected chi connectivity index (χ2v) is 7.64. The number of amides is 2. The monoisotopic (exact) mass is 368 g/mol. The van der Waals surface area contributed by atoms with Crippen LogP contribution < -0.4 is 5.32 Å². The van der Waals surface area contributed by atoms with Crippen molar-refractivity contribution in [3.05, 3.63) is 58.6 Å². The lowest BCUT2D eigenvalue weighted by Gasteiger charge is -2.23. The van der Waals surface area contributed by atoms with Gasteiger partial charge in [-0.2, -0.15) is 0 Å². The molecule has 26 heavy (non-hydrogen) atoms. The topological polar surface area (TPSA) is 49.4 Å². The first kappa shape index (κ1) is 17.1. The Bertz CT molecular complexity index is 863. The van der Waals surface area contributed by atoms with Crippen LogP contribution in [0.15, 0.2) is 42.5 Å². The van der Waals surface area contributed by atoms with Crippen LogP contribution >= 0.6 is 11.6 Å². The van der Waals surface area contributed by atoms with E-state index in [0.29, 0.717) is 18.7 Å². The lowest BCUT2D eigenvalue weighted by Crippen LogP contribution is -2.43. The van der Waals surface area contributed by atoms with E-state index in [9.17, 15) is 9.59 Å². The summed E-state index contributed by atoms with van der Waals surface area (Å²) in [6, 6.07) is 13.7. The van der Waals surface area contributed by atoms with Crippen LogP contribution in [0.4, 0.5) is 0 Å². The Labute approximate surface area is 158 Å². The third-order valence-corrected chi connectivity index (χ3v) is 5.80. The largest absolute Gasteiger partial charge is 0.351 e. The molecule has 2 atom stereocenters. The van der Waals surface area contributed by atoms with Crippen molar-refractivity contribution in [2.75, 3.05) is 13.1 Å². The van der Waals surface area contributed by atoms with E-state index in [1.165, 1.54) is 0 Å². The molecule has 0 aliphatic carbocycles. The van der Waals surface area contributed by atoms with Gasteiger partial charge in [0.1, 0.15) is 0 Å². The molecule has 1 N–H and O–H groups in total. The minimum atomic E-state index is -0.0750. The molecule has 2 aromatic carbocycles. The fourth-order valence-corrected chi connectivity index (χ4v) is 3.94. The fraction of sp³-hybridized carbons (Fsp3) is 0.333. The maximum atomic E-state index is 12.9. The van der Waals surface area contributed by atoms with Crippen LogP contribution in [0.1, 0.15) is 28.8 Å². The number of nitrogens with one attached hydrogen (secondary N) is 1. The second-order valence-electron chi connectivity index (χ2n) is 7.23. The molecule has 0 aromatic heterocycles.